The molecule has 0 saturated carbocycles. The van der Waals surface area contributed by atoms with Gasteiger partial charge in [-0.05, 0) is 29.4 Å². The Labute approximate surface area is 251 Å². The fourth-order valence-electron chi connectivity index (χ4n) is 2.96. The summed E-state index contributed by atoms with van der Waals surface area (Å²) in [4.78, 5) is 0. The number of hydrogen-bond donors (Lipinski definition) is 0. The van der Waals surface area contributed by atoms with Gasteiger partial charge in [0.05, 0.1) is 13.2 Å². The van der Waals surface area contributed by atoms with E-state index in [0.717, 1.165) is 30.4 Å². The lowest BCUT2D eigenvalue weighted by atomic mass is 10.2. The molecule has 0 aliphatic heterocycles. The summed E-state index contributed by atoms with van der Waals surface area (Å²) < 4.78 is 27.0. The second-order valence-electron chi connectivity index (χ2n) is 8.31. The number of hydrogen-bond acceptors (Lipinski definition) is 5. The second-order valence-corrected chi connectivity index (χ2v) is 8.31. The fourth-order valence-corrected chi connectivity index (χ4v) is 2.96. The van der Waals surface area contributed by atoms with Crippen LogP contribution in [0, 0.1) is 71.0 Å². The number of unbranched alkanes of at least 4 members (excludes halogenated alkanes) is 2. The molecule has 0 N–H and O–H groups in total. The maximum Gasteiger partial charge on any atom is 0.110 e. The molecule has 2 rings (SSSR count). The van der Waals surface area contributed by atoms with Crippen LogP contribution in [0.2, 0.25) is 0 Å². The molecule has 0 fully saturated rings. The van der Waals surface area contributed by atoms with Crippen LogP contribution in [0.5, 0.6) is 0 Å². The summed E-state index contributed by atoms with van der Waals surface area (Å²) in [5.74, 6) is 34.8. The van der Waals surface area contributed by atoms with E-state index < -0.39 is 0 Å². The molecule has 5 nitrogen and oxygen atoms in total. The topological polar surface area (TPSA) is 46.2 Å². The Morgan fingerprint density at radius 3 is 1.10 bits per heavy atom. The van der Waals surface area contributed by atoms with Crippen LogP contribution in [0.25, 0.3) is 0 Å². The predicted octanol–water partition coefficient (Wildman–Crippen LogP) is 4.66. The van der Waals surface area contributed by atoms with Crippen LogP contribution < -0.4 is 0 Å². The molecule has 214 valence electrons. The minimum atomic E-state index is 0.260. The van der Waals surface area contributed by atoms with Crippen LogP contribution in [-0.2, 0) is 36.9 Å². The highest BCUT2D eigenvalue weighted by Gasteiger charge is 1.90. The summed E-state index contributed by atoms with van der Waals surface area (Å²) in [6, 6.07) is 20.0. The van der Waals surface area contributed by atoms with Gasteiger partial charge in [-0.15, -0.1) is 11.8 Å². The summed E-state index contributed by atoms with van der Waals surface area (Å²) in [6.07, 6.45) is 2.52. The molecule has 42 heavy (non-hydrogen) atoms. The summed E-state index contributed by atoms with van der Waals surface area (Å²) in [7, 11) is 0. The SMILES string of the molecule is C(C#CCOCC#CCOCC#CCOCc1ccccc1)#CCOCC#CCCCC#CCOCc1ccccc1. The Bertz CT molecular complexity index is 1250. The molecular formula is C37H36O5. The van der Waals surface area contributed by atoms with Crippen molar-refractivity contribution >= 4 is 0 Å². The molecule has 0 amide bonds. The van der Waals surface area contributed by atoms with Gasteiger partial charge in [0.2, 0.25) is 0 Å². The van der Waals surface area contributed by atoms with Crippen molar-refractivity contribution in [2.75, 3.05) is 52.9 Å². The molecule has 2 aromatic rings. The molecule has 0 saturated heterocycles. The highest BCUT2D eigenvalue weighted by molar-refractivity contribution is 5.26. The molecule has 0 heterocycles. The van der Waals surface area contributed by atoms with E-state index in [1.165, 1.54) is 0 Å². The van der Waals surface area contributed by atoms with Crippen molar-refractivity contribution in [1.82, 2.24) is 0 Å². The van der Waals surface area contributed by atoms with E-state index in [1.54, 1.807) is 0 Å². The standard InChI is InChI=1S/C37H36O5/c1(3-5-17-32-41-34-36-22-10-8-11-23-36)2-4-14-26-38-27-15-6-7-16-28-39-29-18-19-30-40-31-20-21-33-42-35-37-24-12-9-13-25-37/h8-13,22-25H,1-3,26-35H2. The van der Waals surface area contributed by atoms with Gasteiger partial charge in [-0.25, -0.2) is 0 Å². The lowest BCUT2D eigenvalue weighted by Gasteiger charge is -1.99. The van der Waals surface area contributed by atoms with Crippen LogP contribution in [-0.4, -0.2) is 52.9 Å². The maximum absolute atomic E-state index is 5.53. The minimum absolute atomic E-state index is 0.260. The van der Waals surface area contributed by atoms with Crippen molar-refractivity contribution in [1.29, 1.82) is 0 Å². The number of rotatable bonds is 14. The summed E-state index contributed by atoms with van der Waals surface area (Å²) >= 11 is 0. The Morgan fingerprint density at radius 1 is 0.357 bits per heavy atom. The normalized spacial score (nSPS) is 9.05. The summed E-state index contributed by atoms with van der Waals surface area (Å²) in [5, 5.41) is 0. The molecule has 0 aromatic heterocycles. The van der Waals surface area contributed by atoms with E-state index in [2.05, 4.69) is 71.0 Å². The average Bonchev–Trinajstić information content (AvgIpc) is 3.03. The maximum atomic E-state index is 5.53. The van der Waals surface area contributed by atoms with E-state index in [9.17, 15) is 0 Å². The van der Waals surface area contributed by atoms with Gasteiger partial charge in [0.1, 0.15) is 52.9 Å². The first kappa shape index (κ1) is 33.8. The van der Waals surface area contributed by atoms with Crippen LogP contribution in [0.4, 0.5) is 0 Å². The molecule has 0 bridgehead atoms. The highest BCUT2D eigenvalue weighted by Crippen LogP contribution is 2.00. The minimum Gasteiger partial charge on any atom is -0.364 e. The molecule has 0 aliphatic carbocycles. The quantitative estimate of drug-likeness (QED) is 0.249. The van der Waals surface area contributed by atoms with Gasteiger partial charge in [0, 0.05) is 12.8 Å². The third-order valence-corrected chi connectivity index (χ3v) is 4.96. The van der Waals surface area contributed by atoms with Crippen molar-refractivity contribution in [3.05, 3.63) is 71.8 Å². The van der Waals surface area contributed by atoms with E-state index in [4.69, 9.17) is 23.7 Å². The number of benzene rings is 2. The fraction of sp³-hybridized carbons (Fsp3) is 0.351. The van der Waals surface area contributed by atoms with Crippen molar-refractivity contribution in [3.63, 3.8) is 0 Å². The molecule has 0 atom stereocenters. The molecule has 0 radical (unpaired) electrons. The Morgan fingerprint density at radius 2 is 0.690 bits per heavy atom. The Kier molecular flexibility index (Phi) is 21.6. The number of ether oxygens (including phenoxy) is 5. The Hall–Kier alpha value is -4.40. The van der Waals surface area contributed by atoms with Gasteiger partial charge in [0.15, 0.2) is 0 Å². The first-order chi connectivity index (χ1) is 20.9. The molecule has 5 heteroatoms. The van der Waals surface area contributed by atoms with E-state index in [0.29, 0.717) is 46.2 Å². The highest BCUT2D eigenvalue weighted by atomic mass is 16.5. The summed E-state index contributed by atoms with van der Waals surface area (Å²) in [5.41, 5.74) is 2.28. The van der Waals surface area contributed by atoms with Gasteiger partial charge in [-0.1, -0.05) is 108 Å². The smallest absolute Gasteiger partial charge is 0.110 e. The lowest BCUT2D eigenvalue weighted by Crippen LogP contribution is -1.95. The first-order valence-corrected chi connectivity index (χ1v) is 13.7. The zero-order valence-electron chi connectivity index (χ0n) is 24.0. The second kappa shape index (κ2) is 26.8. The van der Waals surface area contributed by atoms with Crippen LogP contribution in [0.3, 0.4) is 0 Å². The molecule has 0 unspecified atom stereocenters. The molecule has 2 aromatic carbocycles. The Balaban J connectivity index is 1.33. The van der Waals surface area contributed by atoms with E-state index in [1.807, 2.05) is 60.7 Å². The third-order valence-electron chi connectivity index (χ3n) is 4.96. The van der Waals surface area contributed by atoms with Crippen molar-refractivity contribution in [2.24, 2.45) is 0 Å². The monoisotopic (exact) mass is 560 g/mol. The molecule has 0 spiro atoms. The van der Waals surface area contributed by atoms with Crippen molar-refractivity contribution < 1.29 is 23.7 Å². The van der Waals surface area contributed by atoms with Crippen molar-refractivity contribution in [3.8, 4) is 71.0 Å². The zero-order chi connectivity index (χ0) is 29.4. The van der Waals surface area contributed by atoms with Gasteiger partial charge >= 0.3 is 0 Å². The predicted molar refractivity (Wildman–Crippen MR) is 165 cm³/mol. The van der Waals surface area contributed by atoms with Crippen molar-refractivity contribution in [2.45, 2.75) is 32.5 Å². The van der Waals surface area contributed by atoms with Gasteiger partial charge in [-0.3, -0.25) is 0 Å². The summed E-state index contributed by atoms with van der Waals surface area (Å²) in [6.45, 7) is 3.74. The van der Waals surface area contributed by atoms with E-state index >= 15 is 0 Å². The van der Waals surface area contributed by atoms with E-state index in [-0.39, 0.29) is 19.8 Å². The van der Waals surface area contributed by atoms with Crippen LogP contribution >= 0.6 is 0 Å². The molecular weight excluding hydrogens is 524 g/mol. The van der Waals surface area contributed by atoms with Crippen LogP contribution in [0.1, 0.15) is 30.4 Å². The average molecular weight is 561 g/mol. The van der Waals surface area contributed by atoms with Gasteiger partial charge < -0.3 is 23.7 Å². The zero-order valence-corrected chi connectivity index (χ0v) is 24.0. The van der Waals surface area contributed by atoms with Crippen LogP contribution in [0.15, 0.2) is 60.7 Å². The van der Waals surface area contributed by atoms with Gasteiger partial charge in [0.25, 0.3) is 0 Å². The molecule has 0 aliphatic rings. The third kappa shape index (κ3) is 21.4. The first-order valence-electron chi connectivity index (χ1n) is 13.7. The lowest BCUT2D eigenvalue weighted by molar-refractivity contribution is 0.153. The largest absolute Gasteiger partial charge is 0.364 e. The van der Waals surface area contributed by atoms with Gasteiger partial charge in [-0.2, -0.15) is 0 Å².